The van der Waals surface area contributed by atoms with Crippen molar-refractivity contribution in [2.75, 3.05) is 18.4 Å². The van der Waals surface area contributed by atoms with Gasteiger partial charge in [0.25, 0.3) is 0 Å². The van der Waals surface area contributed by atoms with E-state index >= 15 is 0 Å². The predicted octanol–water partition coefficient (Wildman–Crippen LogP) is 0.309. The molecule has 0 spiro atoms. The highest BCUT2D eigenvalue weighted by molar-refractivity contribution is 7.89. The minimum Gasteiger partial charge on any atom is -0.355 e. The fourth-order valence-electron chi connectivity index (χ4n) is 2.20. The summed E-state index contributed by atoms with van der Waals surface area (Å²) in [5.74, 6) is 1.17. The Hall–Kier alpha value is -2.00. The van der Waals surface area contributed by atoms with Crippen LogP contribution < -0.4 is 5.32 Å². The number of hydrogen-bond acceptors (Lipinski definition) is 6. The first-order valence-corrected chi connectivity index (χ1v) is 8.11. The van der Waals surface area contributed by atoms with Crippen molar-refractivity contribution in [2.24, 2.45) is 0 Å². The molecule has 0 bridgehead atoms. The van der Waals surface area contributed by atoms with Crippen molar-refractivity contribution in [3.05, 3.63) is 30.6 Å². The maximum atomic E-state index is 12.6. The Morgan fingerprint density at radius 1 is 1.24 bits per heavy atom. The van der Waals surface area contributed by atoms with Crippen LogP contribution in [0.15, 0.2) is 29.7 Å². The molecule has 1 N–H and O–H groups in total. The van der Waals surface area contributed by atoms with Gasteiger partial charge in [0.05, 0.1) is 18.9 Å². The van der Waals surface area contributed by atoms with Crippen LogP contribution >= 0.6 is 0 Å². The quantitative estimate of drug-likeness (QED) is 0.874. The summed E-state index contributed by atoms with van der Waals surface area (Å²) in [5.41, 5.74) is 0. The van der Waals surface area contributed by atoms with Gasteiger partial charge in [0.1, 0.15) is 10.7 Å². The topological polar surface area (TPSA) is 93.0 Å². The molecule has 9 heteroatoms. The number of rotatable bonds is 4. The maximum Gasteiger partial charge on any atom is 0.246 e. The van der Waals surface area contributed by atoms with Crippen LogP contribution in [0.2, 0.25) is 0 Å². The summed E-state index contributed by atoms with van der Waals surface area (Å²) in [6.45, 7) is 3.89. The molecule has 0 saturated carbocycles. The summed E-state index contributed by atoms with van der Waals surface area (Å²) >= 11 is 0. The van der Waals surface area contributed by atoms with Crippen molar-refractivity contribution < 1.29 is 8.42 Å². The first kappa shape index (κ1) is 14.0. The van der Waals surface area contributed by atoms with Gasteiger partial charge in [0.15, 0.2) is 0 Å². The molecule has 0 unspecified atom stereocenters. The lowest BCUT2D eigenvalue weighted by Crippen LogP contribution is -2.38. The molecule has 3 rings (SSSR count). The zero-order valence-electron chi connectivity index (χ0n) is 11.6. The van der Waals surface area contributed by atoms with Gasteiger partial charge in [-0.2, -0.15) is 4.31 Å². The standard InChI is InChI=1S/C12H16N6O2S/c1-2-13-12-15-7-10(8-16-12)21(19,20)18-6-5-17-4-3-14-11(17)9-18/h3-4,7-8H,2,5-6,9H2,1H3,(H,13,15,16). The third-order valence-electron chi connectivity index (χ3n) is 3.31. The van der Waals surface area contributed by atoms with Crippen LogP contribution in [0.25, 0.3) is 0 Å². The monoisotopic (exact) mass is 308 g/mol. The van der Waals surface area contributed by atoms with Crippen molar-refractivity contribution in [1.29, 1.82) is 0 Å². The molecule has 0 aliphatic carbocycles. The van der Waals surface area contributed by atoms with Gasteiger partial charge in [-0.3, -0.25) is 0 Å². The summed E-state index contributed by atoms with van der Waals surface area (Å²) < 4.78 is 28.5. The summed E-state index contributed by atoms with van der Waals surface area (Å²) in [7, 11) is -3.59. The number of sulfonamides is 1. The molecule has 1 aliphatic heterocycles. The van der Waals surface area contributed by atoms with Gasteiger partial charge < -0.3 is 9.88 Å². The molecular formula is C12H16N6O2S. The van der Waals surface area contributed by atoms with Gasteiger partial charge in [-0.25, -0.2) is 23.4 Å². The van der Waals surface area contributed by atoms with Crippen molar-refractivity contribution >= 4 is 16.0 Å². The number of nitrogens with one attached hydrogen (secondary N) is 1. The average Bonchev–Trinajstić information content (AvgIpc) is 2.95. The minimum atomic E-state index is -3.59. The van der Waals surface area contributed by atoms with Gasteiger partial charge in [-0.05, 0) is 6.92 Å². The lowest BCUT2D eigenvalue weighted by Gasteiger charge is -2.26. The second kappa shape index (κ2) is 5.41. The Kier molecular flexibility index (Phi) is 3.60. The first-order chi connectivity index (χ1) is 10.1. The summed E-state index contributed by atoms with van der Waals surface area (Å²) in [4.78, 5) is 12.3. The van der Waals surface area contributed by atoms with E-state index in [2.05, 4.69) is 20.3 Å². The first-order valence-electron chi connectivity index (χ1n) is 6.67. The highest BCUT2D eigenvalue weighted by atomic mass is 32.2. The Balaban J connectivity index is 1.84. The van der Waals surface area contributed by atoms with Gasteiger partial charge in [0, 0.05) is 32.0 Å². The van der Waals surface area contributed by atoms with Gasteiger partial charge >= 0.3 is 0 Å². The van der Waals surface area contributed by atoms with E-state index in [1.807, 2.05) is 17.7 Å². The summed E-state index contributed by atoms with van der Waals surface area (Å²) in [6, 6.07) is 0. The van der Waals surface area contributed by atoms with E-state index in [0.717, 1.165) is 5.82 Å². The second-order valence-corrected chi connectivity index (χ2v) is 6.59. The lowest BCUT2D eigenvalue weighted by molar-refractivity contribution is 0.335. The fourth-order valence-corrected chi connectivity index (χ4v) is 3.48. The number of imidazole rings is 1. The molecule has 3 heterocycles. The minimum absolute atomic E-state index is 0.101. The maximum absolute atomic E-state index is 12.6. The van der Waals surface area contributed by atoms with Crippen LogP contribution in [0.5, 0.6) is 0 Å². The van der Waals surface area contributed by atoms with Gasteiger partial charge in [0.2, 0.25) is 16.0 Å². The molecule has 0 fully saturated rings. The van der Waals surface area contributed by atoms with E-state index in [9.17, 15) is 8.42 Å². The van der Waals surface area contributed by atoms with Crippen molar-refractivity contribution in [2.45, 2.75) is 24.9 Å². The van der Waals surface area contributed by atoms with E-state index in [4.69, 9.17) is 0 Å². The molecule has 21 heavy (non-hydrogen) atoms. The molecule has 0 amide bonds. The SMILES string of the molecule is CCNc1ncc(S(=O)(=O)N2CCn3ccnc3C2)cn1. The number of anilines is 1. The Bertz CT molecular complexity index is 724. The molecule has 8 nitrogen and oxygen atoms in total. The zero-order chi connectivity index (χ0) is 14.9. The molecule has 0 atom stereocenters. The molecule has 1 aliphatic rings. The summed E-state index contributed by atoms with van der Waals surface area (Å²) in [6.07, 6.45) is 6.20. The average molecular weight is 308 g/mol. The van der Waals surface area contributed by atoms with E-state index in [1.54, 1.807) is 6.20 Å². The number of hydrogen-bond donors (Lipinski definition) is 1. The Morgan fingerprint density at radius 2 is 2.00 bits per heavy atom. The third kappa shape index (κ3) is 2.61. The van der Waals surface area contributed by atoms with Crippen LogP contribution in [-0.4, -0.2) is 45.3 Å². The van der Waals surface area contributed by atoms with Gasteiger partial charge in [-0.15, -0.1) is 0 Å². The van der Waals surface area contributed by atoms with Crippen LogP contribution in [0.4, 0.5) is 5.95 Å². The highest BCUT2D eigenvalue weighted by Crippen LogP contribution is 2.20. The molecule has 2 aromatic rings. The van der Waals surface area contributed by atoms with Crippen molar-refractivity contribution in [1.82, 2.24) is 23.8 Å². The Labute approximate surface area is 122 Å². The molecule has 0 aromatic carbocycles. The largest absolute Gasteiger partial charge is 0.355 e. The fraction of sp³-hybridized carbons (Fsp3) is 0.417. The zero-order valence-corrected chi connectivity index (χ0v) is 12.4. The van der Waals surface area contributed by atoms with E-state index in [-0.39, 0.29) is 11.4 Å². The molecule has 0 radical (unpaired) electrons. The smallest absolute Gasteiger partial charge is 0.246 e. The van der Waals surface area contributed by atoms with Crippen LogP contribution in [0.1, 0.15) is 12.7 Å². The molecule has 2 aromatic heterocycles. The molecule has 112 valence electrons. The van der Waals surface area contributed by atoms with Crippen LogP contribution in [0, 0.1) is 0 Å². The van der Waals surface area contributed by atoms with E-state index in [1.165, 1.54) is 16.7 Å². The van der Waals surface area contributed by atoms with Crippen molar-refractivity contribution in [3.8, 4) is 0 Å². The highest BCUT2D eigenvalue weighted by Gasteiger charge is 2.29. The van der Waals surface area contributed by atoms with Gasteiger partial charge in [-0.1, -0.05) is 0 Å². The third-order valence-corrected chi connectivity index (χ3v) is 5.11. The number of fused-ring (bicyclic) bond motifs is 1. The lowest BCUT2D eigenvalue weighted by atomic mass is 10.4. The predicted molar refractivity (Wildman–Crippen MR) is 76.0 cm³/mol. The van der Waals surface area contributed by atoms with Crippen LogP contribution in [-0.2, 0) is 23.1 Å². The molecular weight excluding hydrogens is 292 g/mol. The number of nitrogens with zero attached hydrogens (tertiary/aromatic N) is 5. The normalized spacial score (nSPS) is 15.7. The van der Waals surface area contributed by atoms with Crippen molar-refractivity contribution in [3.63, 3.8) is 0 Å². The summed E-state index contributed by atoms with van der Waals surface area (Å²) in [5, 5.41) is 2.93. The second-order valence-electron chi connectivity index (χ2n) is 4.65. The van der Waals surface area contributed by atoms with Crippen LogP contribution in [0.3, 0.4) is 0 Å². The molecule has 0 saturated heterocycles. The van der Waals surface area contributed by atoms with E-state index in [0.29, 0.717) is 25.6 Å². The number of aromatic nitrogens is 4. The van der Waals surface area contributed by atoms with E-state index < -0.39 is 10.0 Å². The Morgan fingerprint density at radius 3 is 2.71 bits per heavy atom.